The largest absolute Gasteiger partial charge is 0.748 e. The molecule has 0 aliphatic heterocycles. The van der Waals surface area contributed by atoms with Crippen LogP contribution in [0.3, 0.4) is 0 Å². The summed E-state index contributed by atoms with van der Waals surface area (Å²) < 4.78 is 49.5. The zero-order valence-corrected chi connectivity index (χ0v) is 11.9. The number of hydrogen-bond acceptors (Lipinski definition) is 5. The van der Waals surface area contributed by atoms with Crippen LogP contribution >= 0.6 is 0 Å². The van der Waals surface area contributed by atoms with Gasteiger partial charge in [-0.15, -0.1) is 0 Å². The maximum absolute atomic E-state index is 13.4. The second-order valence-electron chi connectivity index (χ2n) is 6.74. The van der Waals surface area contributed by atoms with E-state index in [1.54, 1.807) is 0 Å². The van der Waals surface area contributed by atoms with Crippen molar-refractivity contribution in [3.05, 3.63) is 0 Å². The maximum Gasteiger partial charge on any atom is 0.314 e. The molecule has 1 unspecified atom stereocenters. The minimum Gasteiger partial charge on any atom is -0.748 e. The molecule has 4 rings (SSSR count). The van der Waals surface area contributed by atoms with E-state index in [9.17, 15) is 22.2 Å². The van der Waals surface area contributed by atoms with Gasteiger partial charge < -0.3 is 9.29 Å². The van der Waals surface area contributed by atoms with Crippen LogP contribution in [0.2, 0.25) is 0 Å². The minimum absolute atomic E-state index is 0.509. The molecule has 4 saturated carbocycles. The third-order valence-electron chi connectivity index (χ3n) is 5.04. The van der Waals surface area contributed by atoms with Gasteiger partial charge in [-0.2, -0.15) is 0 Å². The van der Waals surface area contributed by atoms with Crippen LogP contribution in [-0.4, -0.2) is 31.1 Å². The number of carbonyl (C=O) groups excluding carboxylic acids is 1. The van der Waals surface area contributed by atoms with E-state index in [1.807, 2.05) is 0 Å². The van der Waals surface area contributed by atoms with Crippen LogP contribution in [0.1, 0.15) is 38.5 Å². The topological polar surface area (TPSA) is 83.5 Å². The molecule has 4 aliphatic rings. The van der Waals surface area contributed by atoms with Crippen LogP contribution in [0, 0.1) is 23.2 Å². The summed E-state index contributed by atoms with van der Waals surface area (Å²) in [5, 5.41) is 0. The van der Waals surface area contributed by atoms with E-state index in [1.165, 1.54) is 0 Å². The summed E-state index contributed by atoms with van der Waals surface area (Å²) in [7, 11) is -4.73. The Labute approximate surface area is 117 Å². The Bertz CT molecular complexity index is 480. The molecular formula is C13H18FO5S-. The number of rotatable bonds is 4. The monoisotopic (exact) mass is 305 g/mol. The van der Waals surface area contributed by atoms with E-state index in [0.29, 0.717) is 17.8 Å². The molecule has 0 saturated heterocycles. The Morgan fingerprint density at radius 3 is 2.05 bits per heavy atom. The lowest BCUT2D eigenvalue weighted by atomic mass is 9.49. The van der Waals surface area contributed by atoms with Crippen LogP contribution < -0.4 is 0 Å². The average Bonchev–Trinajstić information content (AvgIpc) is 2.23. The summed E-state index contributed by atoms with van der Waals surface area (Å²) in [5.41, 5.74) is -0.633. The van der Waals surface area contributed by atoms with E-state index >= 15 is 0 Å². The van der Waals surface area contributed by atoms with Gasteiger partial charge in [-0.05, 0) is 56.3 Å². The first kappa shape index (κ1) is 14.3. The summed E-state index contributed by atoms with van der Waals surface area (Å²) in [5.74, 6) is -0.418. The molecule has 1 atom stereocenters. The lowest BCUT2D eigenvalue weighted by Gasteiger charge is -2.55. The van der Waals surface area contributed by atoms with Crippen molar-refractivity contribution in [2.24, 2.45) is 23.2 Å². The van der Waals surface area contributed by atoms with E-state index in [4.69, 9.17) is 0 Å². The lowest BCUT2D eigenvalue weighted by molar-refractivity contribution is -0.183. The molecular weight excluding hydrogens is 287 g/mol. The summed E-state index contributed by atoms with van der Waals surface area (Å²) in [6.45, 7) is 0. The molecule has 0 radical (unpaired) electrons. The predicted octanol–water partition coefficient (Wildman–Crippen LogP) is 1.59. The standard InChI is InChI=1S/C13H19FO5S/c14-11(7-20(16,17)18)19-12(15)13-4-8-1-9(5-13)3-10(2-8)6-13/h8-11H,1-7H2,(H,16,17,18)/p-1. The number of carbonyl (C=O) groups is 1. The number of esters is 1. The molecule has 0 aromatic heterocycles. The fourth-order valence-corrected chi connectivity index (χ4v) is 5.19. The van der Waals surface area contributed by atoms with E-state index in [-0.39, 0.29) is 0 Å². The Morgan fingerprint density at radius 1 is 1.20 bits per heavy atom. The van der Waals surface area contributed by atoms with Gasteiger partial charge in [-0.1, -0.05) is 0 Å². The second kappa shape index (κ2) is 4.66. The molecule has 7 heteroatoms. The van der Waals surface area contributed by atoms with Crippen molar-refractivity contribution in [2.45, 2.75) is 44.9 Å². The first-order valence-electron chi connectivity index (χ1n) is 7.04. The molecule has 114 valence electrons. The van der Waals surface area contributed by atoms with Gasteiger partial charge in [0.25, 0.3) is 6.36 Å². The van der Waals surface area contributed by atoms with Crippen LogP contribution in [-0.2, 0) is 19.6 Å². The third-order valence-corrected chi connectivity index (χ3v) is 5.71. The number of alkyl halides is 1. The first-order valence-corrected chi connectivity index (χ1v) is 8.62. The van der Waals surface area contributed by atoms with E-state index in [2.05, 4.69) is 4.74 Å². The smallest absolute Gasteiger partial charge is 0.314 e. The molecule has 4 aliphatic carbocycles. The van der Waals surface area contributed by atoms with Gasteiger partial charge in [0.15, 0.2) is 0 Å². The maximum atomic E-state index is 13.4. The van der Waals surface area contributed by atoms with Crippen molar-refractivity contribution in [3.63, 3.8) is 0 Å². The fraction of sp³-hybridized carbons (Fsp3) is 0.923. The molecule has 0 amide bonds. The van der Waals surface area contributed by atoms with Crippen molar-refractivity contribution >= 4 is 16.1 Å². The molecule has 4 bridgehead atoms. The molecule has 5 nitrogen and oxygen atoms in total. The van der Waals surface area contributed by atoms with Crippen molar-refractivity contribution in [3.8, 4) is 0 Å². The van der Waals surface area contributed by atoms with Crippen LogP contribution in [0.15, 0.2) is 0 Å². The highest BCUT2D eigenvalue weighted by molar-refractivity contribution is 7.85. The van der Waals surface area contributed by atoms with E-state index in [0.717, 1.165) is 38.5 Å². The molecule has 0 spiro atoms. The van der Waals surface area contributed by atoms with Crippen LogP contribution in [0.4, 0.5) is 4.39 Å². The SMILES string of the molecule is O=C(OC(F)CS(=O)(=O)[O-])C12CC3CC(CC(C3)C1)C2. The Balaban J connectivity index is 1.68. The summed E-state index contributed by atoms with van der Waals surface area (Å²) in [4.78, 5) is 12.2. The second-order valence-corrected chi connectivity index (χ2v) is 8.19. The number of hydrogen-bond donors (Lipinski definition) is 0. The Morgan fingerprint density at radius 2 is 1.65 bits per heavy atom. The van der Waals surface area contributed by atoms with Crippen LogP contribution in [0.25, 0.3) is 0 Å². The first-order chi connectivity index (χ1) is 9.26. The number of ether oxygens (including phenoxy) is 1. The molecule has 20 heavy (non-hydrogen) atoms. The zero-order chi connectivity index (χ0) is 14.5. The van der Waals surface area contributed by atoms with Gasteiger partial charge in [0.1, 0.15) is 15.9 Å². The molecule has 4 fully saturated rings. The van der Waals surface area contributed by atoms with Gasteiger partial charge in [0.2, 0.25) is 0 Å². The van der Waals surface area contributed by atoms with Crippen LogP contribution in [0.5, 0.6) is 0 Å². The van der Waals surface area contributed by atoms with Gasteiger partial charge in [-0.25, -0.2) is 12.8 Å². The average molecular weight is 305 g/mol. The Hall–Kier alpha value is -0.690. The van der Waals surface area contributed by atoms with Crippen molar-refractivity contribution in [2.75, 3.05) is 5.75 Å². The number of halogens is 1. The third kappa shape index (κ3) is 2.70. The quantitative estimate of drug-likeness (QED) is 0.581. The molecule has 0 aromatic carbocycles. The summed E-state index contributed by atoms with van der Waals surface area (Å²) in [6, 6.07) is 0. The Kier molecular flexibility index (Phi) is 3.32. The minimum atomic E-state index is -4.73. The van der Waals surface area contributed by atoms with Gasteiger partial charge in [0.05, 0.1) is 5.41 Å². The highest BCUT2D eigenvalue weighted by atomic mass is 32.2. The van der Waals surface area contributed by atoms with Gasteiger partial charge in [-0.3, -0.25) is 4.79 Å². The summed E-state index contributed by atoms with van der Waals surface area (Å²) >= 11 is 0. The highest BCUT2D eigenvalue weighted by Crippen LogP contribution is 2.60. The highest BCUT2D eigenvalue weighted by Gasteiger charge is 2.55. The van der Waals surface area contributed by atoms with Crippen molar-refractivity contribution < 1.29 is 26.9 Å². The van der Waals surface area contributed by atoms with E-state index < -0.39 is 33.6 Å². The molecule has 0 aromatic rings. The molecule has 0 heterocycles. The summed E-state index contributed by atoms with van der Waals surface area (Å²) in [6.07, 6.45) is 3.22. The fourth-order valence-electron chi connectivity index (χ4n) is 4.80. The normalized spacial score (nSPS) is 40.6. The van der Waals surface area contributed by atoms with Crippen molar-refractivity contribution in [1.29, 1.82) is 0 Å². The van der Waals surface area contributed by atoms with Crippen molar-refractivity contribution in [1.82, 2.24) is 0 Å². The van der Waals surface area contributed by atoms with Gasteiger partial charge >= 0.3 is 5.97 Å². The van der Waals surface area contributed by atoms with Gasteiger partial charge in [0, 0.05) is 0 Å². The lowest BCUT2D eigenvalue weighted by Crippen LogP contribution is -2.51. The molecule has 0 N–H and O–H groups in total. The predicted molar refractivity (Wildman–Crippen MR) is 66.2 cm³/mol. The zero-order valence-electron chi connectivity index (χ0n) is 11.1.